The lowest BCUT2D eigenvalue weighted by Crippen LogP contribution is -2.52. The zero-order valence-corrected chi connectivity index (χ0v) is 22.8. The summed E-state index contributed by atoms with van der Waals surface area (Å²) in [4.78, 5) is 30.9. The lowest BCUT2D eigenvalue weighted by Gasteiger charge is -2.24. The maximum absolute atomic E-state index is 13.7. The predicted octanol–water partition coefficient (Wildman–Crippen LogP) is 3.24. The average molecular weight is 566 g/mol. The summed E-state index contributed by atoms with van der Waals surface area (Å²) in [6.45, 7) is 0.747. The number of amides is 2. The molecule has 1 aliphatic carbocycles. The van der Waals surface area contributed by atoms with E-state index in [2.05, 4.69) is 20.7 Å². The van der Waals surface area contributed by atoms with Crippen LogP contribution in [0.15, 0.2) is 91.3 Å². The third-order valence-electron chi connectivity index (χ3n) is 7.10. The van der Waals surface area contributed by atoms with Gasteiger partial charge in [0.25, 0.3) is 11.8 Å². The molecule has 0 spiro atoms. The van der Waals surface area contributed by atoms with Crippen LogP contribution >= 0.6 is 0 Å². The Morgan fingerprint density at radius 1 is 1.00 bits per heavy atom. The maximum Gasteiger partial charge on any atom is 0.255 e. The highest BCUT2D eigenvalue weighted by Crippen LogP contribution is 2.24. The minimum Gasteiger partial charge on any atom is -0.490 e. The zero-order valence-electron chi connectivity index (χ0n) is 22.8. The normalized spacial score (nSPS) is 18.6. The fraction of sp³-hybridized carbons (Fsp3) is 0.250. The Bertz CT molecular complexity index is 1590. The molecule has 4 heterocycles. The summed E-state index contributed by atoms with van der Waals surface area (Å²) in [6.07, 6.45) is 7.63. The van der Waals surface area contributed by atoms with Crippen molar-refractivity contribution in [3.05, 3.63) is 102 Å². The molecule has 10 nitrogen and oxygen atoms in total. The van der Waals surface area contributed by atoms with E-state index in [4.69, 9.17) is 9.47 Å². The molecule has 1 fully saturated rings. The standard InChI is InChI=1S/C32H31N5O5/c38-29(32(40)34-23-10-11-23)28-19-21-8-12-24(13-9-21)41-17-1-2-18-42-25-6-3-5-22(20-25)27-14-16-37(36-27)30-26(31(39)35-28)7-4-15-33-30/h1-9,12-16,20,23,28-29,38H,10-11,17-19H2,(H,34,40)(H,35,39)/b2-1+/t28-,29?/m0/s1. The number of aliphatic hydroxyl groups is 1. The van der Waals surface area contributed by atoms with Gasteiger partial charge in [0, 0.05) is 24.0 Å². The number of rotatable bonds is 3. The van der Waals surface area contributed by atoms with Crippen LogP contribution in [0.3, 0.4) is 0 Å². The third-order valence-corrected chi connectivity index (χ3v) is 7.10. The summed E-state index contributed by atoms with van der Waals surface area (Å²) >= 11 is 0. The van der Waals surface area contributed by atoms with E-state index in [1.165, 1.54) is 4.68 Å². The molecule has 2 aliphatic heterocycles. The number of fused-ring (bicyclic) bond motifs is 9. The average Bonchev–Trinajstić information content (AvgIpc) is 3.69. The third kappa shape index (κ3) is 6.50. The van der Waals surface area contributed by atoms with Crippen molar-refractivity contribution < 1.29 is 24.2 Å². The van der Waals surface area contributed by atoms with Crippen LogP contribution in [-0.4, -0.2) is 63.1 Å². The fourth-order valence-electron chi connectivity index (χ4n) is 4.68. The van der Waals surface area contributed by atoms with Crippen LogP contribution in [0.2, 0.25) is 0 Å². The first kappa shape index (κ1) is 27.2. The van der Waals surface area contributed by atoms with Crippen LogP contribution in [0.1, 0.15) is 28.8 Å². The predicted molar refractivity (Wildman–Crippen MR) is 155 cm³/mol. The SMILES string of the molecule is O=C1N[C@H](C(O)C(=O)NC2CC2)Cc2ccc(cc2)OC/C=C/COc2cccc(c2)-c2ccn(n2)-c2ncccc21. The minimum atomic E-state index is -1.45. The summed E-state index contributed by atoms with van der Waals surface area (Å²) in [5, 5.41) is 21.4. The van der Waals surface area contributed by atoms with Gasteiger partial charge in [-0.15, -0.1) is 0 Å². The molecule has 4 aromatic rings. The number of hydrogen-bond donors (Lipinski definition) is 3. The highest BCUT2D eigenvalue weighted by molar-refractivity contribution is 5.97. The van der Waals surface area contributed by atoms with Crippen molar-refractivity contribution in [2.75, 3.05) is 13.2 Å². The second kappa shape index (κ2) is 12.3. The van der Waals surface area contributed by atoms with Crippen molar-refractivity contribution in [2.24, 2.45) is 0 Å². The molecule has 214 valence electrons. The van der Waals surface area contributed by atoms with Crippen molar-refractivity contribution in [1.29, 1.82) is 0 Å². The molecule has 1 saturated carbocycles. The van der Waals surface area contributed by atoms with E-state index < -0.39 is 24.0 Å². The number of benzene rings is 2. The van der Waals surface area contributed by atoms with Gasteiger partial charge in [-0.25, -0.2) is 9.67 Å². The van der Waals surface area contributed by atoms with Crippen LogP contribution < -0.4 is 20.1 Å². The van der Waals surface area contributed by atoms with Crippen molar-refractivity contribution in [3.63, 3.8) is 0 Å². The number of pyridine rings is 1. The molecule has 2 atom stereocenters. The van der Waals surface area contributed by atoms with Crippen molar-refractivity contribution in [3.8, 4) is 28.6 Å². The van der Waals surface area contributed by atoms with E-state index in [0.717, 1.165) is 24.0 Å². The minimum absolute atomic E-state index is 0.0699. The highest BCUT2D eigenvalue weighted by atomic mass is 16.5. The number of carbonyl (C=O) groups excluding carboxylic acids is 2. The van der Waals surface area contributed by atoms with Crippen LogP contribution in [0.4, 0.5) is 0 Å². The molecule has 2 aromatic heterocycles. The quantitative estimate of drug-likeness (QED) is 0.326. The number of aliphatic hydroxyl groups excluding tert-OH is 1. The van der Waals surface area contributed by atoms with Gasteiger partial charge in [-0.05, 0) is 79.4 Å². The Morgan fingerprint density at radius 3 is 2.57 bits per heavy atom. The molecule has 7 rings (SSSR count). The van der Waals surface area contributed by atoms with Crippen LogP contribution in [-0.2, 0) is 11.2 Å². The first-order chi connectivity index (χ1) is 20.5. The van der Waals surface area contributed by atoms with E-state index in [-0.39, 0.29) is 18.0 Å². The van der Waals surface area contributed by atoms with Crippen LogP contribution in [0, 0.1) is 0 Å². The zero-order chi connectivity index (χ0) is 28.9. The Balaban J connectivity index is 1.34. The van der Waals surface area contributed by atoms with Gasteiger partial charge in [0.2, 0.25) is 0 Å². The van der Waals surface area contributed by atoms with Gasteiger partial charge in [0.1, 0.15) is 24.7 Å². The number of ether oxygens (including phenoxy) is 2. The molecule has 3 aliphatic rings. The Labute approximate surface area is 243 Å². The van der Waals surface area contributed by atoms with Gasteiger partial charge in [0.15, 0.2) is 11.9 Å². The molecule has 2 aromatic carbocycles. The van der Waals surface area contributed by atoms with E-state index in [9.17, 15) is 14.7 Å². The van der Waals surface area contributed by atoms with Gasteiger partial charge in [-0.2, -0.15) is 5.10 Å². The molecule has 42 heavy (non-hydrogen) atoms. The monoisotopic (exact) mass is 565 g/mol. The van der Waals surface area contributed by atoms with Gasteiger partial charge in [-0.1, -0.05) is 24.3 Å². The summed E-state index contributed by atoms with van der Waals surface area (Å²) in [6, 6.07) is 19.2. The number of nitrogens with one attached hydrogen (secondary N) is 2. The maximum atomic E-state index is 13.7. The Hall–Kier alpha value is -4.96. The largest absolute Gasteiger partial charge is 0.490 e. The topological polar surface area (TPSA) is 128 Å². The summed E-state index contributed by atoms with van der Waals surface area (Å²) < 4.78 is 13.2. The summed E-state index contributed by atoms with van der Waals surface area (Å²) in [5.74, 6) is 0.689. The van der Waals surface area contributed by atoms with E-state index in [0.29, 0.717) is 36.2 Å². The lowest BCUT2D eigenvalue weighted by molar-refractivity contribution is -0.130. The molecule has 6 bridgehead atoms. The molecular formula is C32H31N5O5. The van der Waals surface area contributed by atoms with E-state index in [1.807, 2.05) is 66.7 Å². The Morgan fingerprint density at radius 2 is 1.79 bits per heavy atom. The van der Waals surface area contributed by atoms with Crippen LogP contribution in [0.25, 0.3) is 17.1 Å². The number of carbonyl (C=O) groups is 2. The Kier molecular flexibility index (Phi) is 7.96. The molecule has 10 heteroatoms. The number of hydrogen-bond acceptors (Lipinski definition) is 7. The number of aromatic nitrogens is 3. The van der Waals surface area contributed by atoms with Gasteiger partial charge >= 0.3 is 0 Å². The summed E-state index contributed by atoms with van der Waals surface area (Å²) in [7, 11) is 0. The van der Waals surface area contributed by atoms with E-state index >= 15 is 0 Å². The van der Waals surface area contributed by atoms with Gasteiger partial charge in [0.05, 0.1) is 17.3 Å². The first-order valence-corrected chi connectivity index (χ1v) is 13.9. The molecular weight excluding hydrogens is 534 g/mol. The van der Waals surface area contributed by atoms with Gasteiger partial charge < -0.3 is 25.2 Å². The number of nitrogens with zero attached hydrogens (tertiary/aromatic N) is 3. The first-order valence-electron chi connectivity index (χ1n) is 13.9. The molecule has 0 saturated heterocycles. The molecule has 1 unspecified atom stereocenters. The molecule has 0 radical (unpaired) electrons. The summed E-state index contributed by atoms with van der Waals surface area (Å²) in [5.41, 5.74) is 2.59. The highest BCUT2D eigenvalue weighted by Gasteiger charge is 2.33. The lowest BCUT2D eigenvalue weighted by atomic mass is 9.99. The van der Waals surface area contributed by atoms with Crippen LogP contribution in [0.5, 0.6) is 11.5 Å². The molecule has 3 N–H and O–H groups in total. The molecule has 2 amide bonds. The second-order valence-electron chi connectivity index (χ2n) is 10.3. The van der Waals surface area contributed by atoms with E-state index in [1.54, 1.807) is 24.5 Å². The fourth-order valence-corrected chi connectivity index (χ4v) is 4.68. The smallest absolute Gasteiger partial charge is 0.255 e. The van der Waals surface area contributed by atoms with Gasteiger partial charge in [-0.3, -0.25) is 9.59 Å². The van der Waals surface area contributed by atoms with Crippen molar-refractivity contribution in [2.45, 2.75) is 37.5 Å². The van der Waals surface area contributed by atoms with Crippen molar-refractivity contribution >= 4 is 11.8 Å². The second-order valence-corrected chi connectivity index (χ2v) is 10.3. The van der Waals surface area contributed by atoms with Crippen molar-refractivity contribution in [1.82, 2.24) is 25.4 Å².